The van der Waals surface area contributed by atoms with E-state index >= 15 is 0 Å². The van der Waals surface area contributed by atoms with Gasteiger partial charge in [0.2, 0.25) is 5.88 Å². The van der Waals surface area contributed by atoms with E-state index in [2.05, 4.69) is 15.3 Å². The van der Waals surface area contributed by atoms with E-state index in [-0.39, 0.29) is 35.2 Å². The van der Waals surface area contributed by atoms with Crippen LogP contribution < -0.4 is 10.1 Å². The fraction of sp³-hybridized carbons (Fsp3) is 0.421. The molecule has 0 bridgehead atoms. The topological polar surface area (TPSA) is 64.1 Å². The minimum Gasteiger partial charge on any atom is -0.479 e. The summed E-state index contributed by atoms with van der Waals surface area (Å²) in [4.78, 5) is 20.1. The summed E-state index contributed by atoms with van der Waals surface area (Å²) < 4.78 is 84.2. The van der Waals surface area contributed by atoms with E-state index in [9.17, 15) is 31.1 Å². The Morgan fingerprint density at radius 2 is 1.67 bits per heavy atom. The second-order valence-electron chi connectivity index (χ2n) is 6.90. The first kappa shape index (κ1) is 23.4. The van der Waals surface area contributed by atoms with Gasteiger partial charge in [-0.2, -0.15) is 26.3 Å². The molecule has 30 heavy (non-hydrogen) atoms. The van der Waals surface area contributed by atoms with Crippen LogP contribution in [-0.2, 0) is 6.42 Å². The number of rotatable bonds is 6. The molecule has 1 N–H and O–H groups in total. The smallest absolute Gasteiger partial charge is 0.404 e. The maximum Gasteiger partial charge on any atom is 0.404 e. The molecule has 0 aliphatic rings. The summed E-state index contributed by atoms with van der Waals surface area (Å²) in [6.45, 7) is 3.32. The number of benzene rings is 1. The number of hydrogen-bond acceptors (Lipinski definition) is 4. The van der Waals surface area contributed by atoms with Crippen molar-refractivity contribution in [3.63, 3.8) is 0 Å². The van der Waals surface area contributed by atoms with Gasteiger partial charge in [0.1, 0.15) is 0 Å². The summed E-state index contributed by atoms with van der Waals surface area (Å²) in [7, 11) is 1.27. The normalized spacial score (nSPS) is 12.4. The van der Waals surface area contributed by atoms with Gasteiger partial charge in [-0.1, -0.05) is 19.9 Å². The molecule has 0 spiro atoms. The van der Waals surface area contributed by atoms with Gasteiger partial charge in [-0.25, -0.2) is 9.97 Å². The lowest BCUT2D eigenvalue weighted by atomic mass is 9.88. The first-order chi connectivity index (χ1) is 13.8. The summed E-state index contributed by atoms with van der Waals surface area (Å²) in [5.41, 5.74) is -1.21. The van der Waals surface area contributed by atoms with Crippen molar-refractivity contribution in [3.05, 3.63) is 47.4 Å². The Kier molecular flexibility index (Phi) is 6.94. The van der Waals surface area contributed by atoms with E-state index in [1.54, 1.807) is 13.8 Å². The number of anilines is 1. The summed E-state index contributed by atoms with van der Waals surface area (Å²) >= 11 is 0. The molecule has 5 nitrogen and oxygen atoms in total. The molecule has 1 aromatic carbocycles. The molecule has 0 aliphatic heterocycles. The second-order valence-corrected chi connectivity index (χ2v) is 6.90. The van der Waals surface area contributed by atoms with Gasteiger partial charge >= 0.3 is 12.4 Å². The van der Waals surface area contributed by atoms with Gasteiger partial charge in [0.15, 0.2) is 11.6 Å². The lowest BCUT2D eigenvalue weighted by molar-refractivity contribution is -0.253. The zero-order valence-electron chi connectivity index (χ0n) is 16.2. The van der Waals surface area contributed by atoms with Gasteiger partial charge in [0, 0.05) is 18.1 Å². The molecule has 0 radical (unpaired) electrons. The molecule has 11 heteroatoms. The van der Waals surface area contributed by atoms with Crippen LogP contribution in [0.25, 0.3) is 0 Å². The Morgan fingerprint density at radius 3 is 2.20 bits per heavy atom. The van der Waals surface area contributed by atoms with Gasteiger partial charge in [0.05, 0.1) is 7.11 Å². The molecule has 2 rings (SSSR count). The van der Waals surface area contributed by atoms with Crippen LogP contribution in [0.4, 0.5) is 32.0 Å². The molecule has 0 aliphatic carbocycles. The Morgan fingerprint density at radius 1 is 1.07 bits per heavy atom. The number of carbonyl (C=O) groups is 1. The zero-order chi connectivity index (χ0) is 22.7. The lowest BCUT2D eigenvalue weighted by Crippen LogP contribution is -2.35. The van der Waals surface area contributed by atoms with Crippen molar-refractivity contribution in [2.45, 2.75) is 38.5 Å². The SMILES string of the molecule is COc1nccnc1C(=O)Nc1ccc(C(C(F)(F)F)C(F)(F)F)c(CC(C)C)c1. The predicted octanol–water partition coefficient (Wildman–Crippen LogP) is 5.14. The van der Waals surface area contributed by atoms with Crippen LogP contribution in [0, 0.1) is 5.92 Å². The predicted molar refractivity (Wildman–Crippen MR) is 96.4 cm³/mol. The van der Waals surface area contributed by atoms with Crippen molar-refractivity contribution in [1.82, 2.24) is 9.97 Å². The highest BCUT2D eigenvalue weighted by Crippen LogP contribution is 2.47. The van der Waals surface area contributed by atoms with E-state index in [0.29, 0.717) is 0 Å². The van der Waals surface area contributed by atoms with E-state index < -0.39 is 29.7 Å². The first-order valence-corrected chi connectivity index (χ1v) is 8.77. The molecule has 1 aromatic heterocycles. The number of hydrogen-bond donors (Lipinski definition) is 1. The Bertz CT molecular complexity index is 883. The van der Waals surface area contributed by atoms with E-state index in [1.807, 2.05) is 0 Å². The zero-order valence-corrected chi connectivity index (χ0v) is 16.2. The van der Waals surface area contributed by atoms with Crippen molar-refractivity contribution in [2.24, 2.45) is 5.92 Å². The van der Waals surface area contributed by atoms with Crippen LogP contribution in [0.2, 0.25) is 0 Å². The van der Waals surface area contributed by atoms with Crippen LogP contribution in [-0.4, -0.2) is 35.3 Å². The number of aromatic nitrogens is 2. The Labute approximate surface area is 168 Å². The highest BCUT2D eigenvalue weighted by Gasteiger charge is 2.58. The van der Waals surface area contributed by atoms with Crippen LogP contribution >= 0.6 is 0 Å². The van der Waals surface area contributed by atoms with E-state index in [0.717, 1.165) is 18.2 Å². The minimum atomic E-state index is -5.51. The Hall–Kier alpha value is -2.85. The van der Waals surface area contributed by atoms with Crippen LogP contribution in [0.5, 0.6) is 5.88 Å². The van der Waals surface area contributed by atoms with Crippen molar-refractivity contribution >= 4 is 11.6 Å². The highest BCUT2D eigenvalue weighted by molar-refractivity contribution is 6.04. The van der Waals surface area contributed by atoms with E-state index in [1.165, 1.54) is 19.5 Å². The van der Waals surface area contributed by atoms with Crippen molar-refractivity contribution in [1.29, 1.82) is 0 Å². The van der Waals surface area contributed by atoms with Gasteiger partial charge < -0.3 is 10.1 Å². The molecule has 0 atom stereocenters. The lowest BCUT2D eigenvalue weighted by Gasteiger charge is -2.26. The number of carbonyl (C=O) groups excluding carboxylic acids is 1. The van der Waals surface area contributed by atoms with Crippen molar-refractivity contribution < 1.29 is 35.9 Å². The molecule has 1 heterocycles. The fourth-order valence-electron chi connectivity index (χ4n) is 2.94. The summed E-state index contributed by atoms with van der Waals surface area (Å²) in [5.74, 6) is -4.70. The van der Waals surface area contributed by atoms with Gasteiger partial charge in [-0.15, -0.1) is 0 Å². The number of halogens is 6. The molecule has 1 amide bonds. The molecule has 0 unspecified atom stereocenters. The molecular weight excluding hydrogens is 416 g/mol. The van der Waals surface area contributed by atoms with Crippen LogP contribution in [0.15, 0.2) is 30.6 Å². The van der Waals surface area contributed by atoms with Crippen molar-refractivity contribution in [3.8, 4) is 5.88 Å². The van der Waals surface area contributed by atoms with Gasteiger partial charge in [-0.3, -0.25) is 4.79 Å². The maximum atomic E-state index is 13.2. The average Bonchev–Trinajstić information content (AvgIpc) is 2.61. The molecule has 2 aromatic rings. The number of alkyl halides is 6. The summed E-state index contributed by atoms with van der Waals surface area (Å²) in [6.07, 6.45) is -8.54. The Balaban J connectivity index is 2.46. The number of methoxy groups -OCH3 is 1. The van der Waals surface area contributed by atoms with E-state index in [4.69, 9.17) is 4.74 Å². The second kappa shape index (κ2) is 8.88. The number of nitrogens with zero attached hydrogens (tertiary/aromatic N) is 2. The minimum absolute atomic E-state index is 0.0233. The largest absolute Gasteiger partial charge is 0.479 e. The van der Waals surface area contributed by atoms with Crippen molar-refractivity contribution in [2.75, 3.05) is 12.4 Å². The number of ether oxygens (including phenoxy) is 1. The summed E-state index contributed by atoms with van der Waals surface area (Å²) in [5, 5.41) is 2.41. The first-order valence-electron chi connectivity index (χ1n) is 8.77. The van der Waals surface area contributed by atoms with Crippen LogP contribution in [0.1, 0.15) is 41.4 Å². The third-order valence-electron chi connectivity index (χ3n) is 4.07. The monoisotopic (exact) mass is 435 g/mol. The summed E-state index contributed by atoms with van der Waals surface area (Å²) in [6, 6.07) is 2.85. The third kappa shape index (κ3) is 5.61. The molecule has 0 saturated heterocycles. The van der Waals surface area contributed by atoms with Crippen LogP contribution in [0.3, 0.4) is 0 Å². The molecular formula is C19H19F6N3O2. The number of nitrogens with one attached hydrogen (secondary N) is 1. The highest BCUT2D eigenvalue weighted by atomic mass is 19.4. The van der Waals surface area contributed by atoms with Gasteiger partial charge in [-0.05, 0) is 35.6 Å². The van der Waals surface area contributed by atoms with Gasteiger partial charge in [0.25, 0.3) is 5.91 Å². The molecule has 0 fully saturated rings. The average molecular weight is 435 g/mol. The molecule has 0 saturated carbocycles. The fourth-order valence-corrected chi connectivity index (χ4v) is 2.94. The quantitative estimate of drug-likeness (QED) is 0.638. The molecule has 164 valence electrons. The maximum absolute atomic E-state index is 13.2. The standard InChI is InChI=1S/C19H19F6N3O2/c1-10(2)8-11-9-12(28-16(29)14-17(30-3)27-7-6-26-14)4-5-13(11)15(18(20,21)22)19(23,24)25/h4-7,9-10,15H,8H2,1-3H3,(H,28,29). The number of amides is 1. The third-order valence-corrected chi connectivity index (χ3v) is 4.07.